The van der Waals surface area contributed by atoms with Crippen LogP contribution in [0, 0.1) is 46.3 Å². The van der Waals surface area contributed by atoms with Crippen molar-refractivity contribution in [1.82, 2.24) is 0 Å². The molecule has 8 atom stereocenters. The highest BCUT2D eigenvalue weighted by Gasteiger charge is 2.77. The molecule has 2 heteroatoms. The molecule has 0 heterocycles. The Bertz CT molecular complexity index is 634. The molecule has 0 aromatic heterocycles. The minimum atomic E-state index is 0.378. The van der Waals surface area contributed by atoms with Crippen LogP contribution in [0.4, 0.5) is 0 Å². The Labute approximate surface area is 146 Å². The van der Waals surface area contributed by atoms with Gasteiger partial charge >= 0.3 is 0 Å². The number of ketones is 1. The summed E-state index contributed by atoms with van der Waals surface area (Å²) in [5.41, 5.74) is 3.56. The number of Topliss-reactive ketones (excluding diaryl/α,β-unsaturated/α-hetero) is 1. The van der Waals surface area contributed by atoms with Gasteiger partial charge in [0.25, 0.3) is 0 Å². The fraction of sp³-hybridized carbons (Fsp3) is 0.864. The largest absolute Gasteiger partial charge is 0.396 e. The summed E-state index contributed by atoms with van der Waals surface area (Å²) in [5.74, 6) is 4.88. The Morgan fingerprint density at radius 2 is 2.08 bits per heavy atom. The van der Waals surface area contributed by atoms with Gasteiger partial charge in [-0.3, -0.25) is 4.79 Å². The maximum atomic E-state index is 12.2. The molecule has 5 aliphatic rings. The van der Waals surface area contributed by atoms with Crippen molar-refractivity contribution < 1.29 is 9.90 Å². The number of fused-ring (bicyclic) bond motifs is 3. The molecule has 132 valence electrons. The molecule has 1 N–H and O–H groups in total. The summed E-state index contributed by atoms with van der Waals surface area (Å²) in [5, 5.41) is 9.97. The van der Waals surface area contributed by atoms with E-state index in [-0.39, 0.29) is 0 Å². The van der Waals surface area contributed by atoms with Crippen molar-refractivity contribution >= 4 is 5.78 Å². The minimum Gasteiger partial charge on any atom is -0.396 e. The first-order valence-corrected chi connectivity index (χ1v) is 10.3. The van der Waals surface area contributed by atoms with E-state index in [1.807, 2.05) is 0 Å². The fourth-order valence-corrected chi connectivity index (χ4v) is 8.59. The SMILES string of the molecule is CC1=C2CC(C)[C@@H]3[C@H](CC[C@]4(C)C(CO)CC5C[C@]534)[C@H]2CCC1=O. The smallest absolute Gasteiger partial charge is 0.158 e. The van der Waals surface area contributed by atoms with Crippen molar-refractivity contribution in [1.29, 1.82) is 0 Å². The van der Waals surface area contributed by atoms with Crippen LogP contribution in [0.15, 0.2) is 11.1 Å². The predicted octanol–water partition coefficient (Wildman–Crippen LogP) is 4.37. The Kier molecular flexibility index (Phi) is 3.09. The second-order valence-corrected chi connectivity index (χ2v) is 10.1. The summed E-state index contributed by atoms with van der Waals surface area (Å²) in [4.78, 5) is 12.2. The van der Waals surface area contributed by atoms with E-state index in [4.69, 9.17) is 0 Å². The molecule has 24 heavy (non-hydrogen) atoms. The number of carbonyl (C=O) groups excluding carboxylic acids is 1. The Balaban J connectivity index is 1.56. The molecule has 2 nitrogen and oxygen atoms in total. The van der Waals surface area contributed by atoms with Gasteiger partial charge in [-0.1, -0.05) is 19.4 Å². The second-order valence-electron chi connectivity index (χ2n) is 10.1. The van der Waals surface area contributed by atoms with Crippen molar-refractivity contribution in [2.24, 2.45) is 46.3 Å². The topological polar surface area (TPSA) is 37.3 Å². The molecule has 5 rings (SSSR count). The van der Waals surface area contributed by atoms with E-state index in [9.17, 15) is 9.90 Å². The summed E-state index contributed by atoms with van der Waals surface area (Å²) in [7, 11) is 0. The van der Waals surface area contributed by atoms with Gasteiger partial charge in [-0.2, -0.15) is 0 Å². The second kappa shape index (κ2) is 4.75. The van der Waals surface area contributed by atoms with Crippen LogP contribution in [0.2, 0.25) is 0 Å². The minimum absolute atomic E-state index is 0.378. The molecule has 4 fully saturated rings. The highest BCUT2D eigenvalue weighted by atomic mass is 16.3. The summed E-state index contributed by atoms with van der Waals surface area (Å²) >= 11 is 0. The molecule has 4 saturated carbocycles. The molecule has 5 aliphatic carbocycles. The van der Waals surface area contributed by atoms with Gasteiger partial charge in [0.2, 0.25) is 0 Å². The third-order valence-electron chi connectivity index (χ3n) is 9.66. The zero-order valence-corrected chi connectivity index (χ0v) is 15.5. The molecule has 3 unspecified atom stereocenters. The van der Waals surface area contributed by atoms with Crippen LogP contribution in [0.5, 0.6) is 0 Å². The van der Waals surface area contributed by atoms with Crippen molar-refractivity contribution in [3.05, 3.63) is 11.1 Å². The van der Waals surface area contributed by atoms with Crippen LogP contribution in [-0.4, -0.2) is 17.5 Å². The normalized spacial score (nSPS) is 55.6. The van der Waals surface area contributed by atoms with E-state index in [0.717, 1.165) is 42.6 Å². The first-order valence-electron chi connectivity index (χ1n) is 10.3. The van der Waals surface area contributed by atoms with E-state index >= 15 is 0 Å². The van der Waals surface area contributed by atoms with E-state index < -0.39 is 0 Å². The van der Waals surface area contributed by atoms with Crippen molar-refractivity contribution in [3.8, 4) is 0 Å². The van der Waals surface area contributed by atoms with Gasteiger partial charge in [0.15, 0.2) is 5.78 Å². The maximum absolute atomic E-state index is 12.2. The molecule has 0 bridgehead atoms. The summed E-state index contributed by atoms with van der Waals surface area (Å²) in [6, 6.07) is 0. The number of aliphatic hydroxyl groups excluding tert-OH is 1. The van der Waals surface area contributed by atoms with Crippen LogP contribution in [-0.2, 0) is 4.79 Å². The van der Waals surface area contributed by atoms with Crippen LogP contribution in [0.1, 0.15) is 65.7 Å². The Morgan fingerprint density at radius 1 is 1.29 bits per heavy atom. The lowest BCUT2D eigenvalue weighted by molar-refractivity contribution is -0.118. The monoisotopic (exact) mass is 328 g/mol. The van der Waals surface area contributed by atoms with Crippen LogP contribution >= 0.6 is 0 Å². The third kappa shape index (κ3) is 1.60. The first-order chi connectivity index (χ1) is 11.4. The lowest BCUT2D eigenvalue weighted by Gasteiger charge is -2.58. The summed E-state index contributed by atoms with van der Waals surface area (Å²) in [6.45, 7) is 7.47. The van der Waals surface area contributed by atoms with Gasteiger partial charge in [-0.25, -0.2) is 0 Å². The van der Waals surface area contributed by atoms with Crippen LogP contribution in [0.25, 0.3) is 0 Å². The van der Waals surface area contributed by atoms with Gasteiger partial charge in [-0.05, 0) is 97.4 Å². The highest BCUT2D eigenvalue weighted by molar-refractivity contribution is 5.96. The zero-order chi connectivity index (χ0) is 16.9. The highest BCUT2D eigenvalue weighted by Crippen LogP contribution is 2.83. The molecule has 0 saturated heterocycles. The molecule has 0 aromatic rings. The maximum Gasteiger partial charge on any atom is 0.158 e. The molecule has 0 aromatic carbocycles. The van der Waals surface area contributed by atoms with Gasteiger partial charge in [0.1, 0.15) is 0 Å². The van der Waals surface area contributed by atoms with Crippen LogP contribution in [0.3, 0.4) is 0 Å². The lowest BCUT2D eigenvalue weighted by Crippen LogP contribution is -2.52. The number of hydrogen-bond donors (Lipinski definition) is 1. The van der Waals surface area contributed by atoms with E-state index in [2.05, 4.69) is 20.8 Å². The Hall–Kier alpha value is -0.630. The average molecular weight is 328 g/mol. The Morgan fingerprint density at radius 3 is 2.83 bits per heavy atom. The number of carbonyl (C=O) groups is 1. The number of aliphatic hydroxyl groups is 1. The van der Waals surface area contributed by atoms with E-state index in [1.165, 1.54) is 31.3 Å². The summed E-state index contributed by atoms with van der Waals surface area (Å²) < 4.78 is 0. The zero-order valence-electron chi connectivity index (χ0n) is 15.5. The fourth-order valence-electron chi connectivity index (χ4n) is 8.59. The molecular weight excluding hydrogens is 296 g/mol. The number of rotatable bonds is 1. The van der Waals surface area contributed by atoms with Crippen molar-refractivity contribution in [2.45, 2.75) is 65.7 Å². The number of allylic oxidation sites excluding steroid dienone is 1. The first kappa shape index (κ1) is 15.6. The number of hydrogen-bond acceptors (Lipinski definition) is 2. The van der Waals surface area contributed by atoms with Crippen LogP contribution < -0.4 is 0 Å². The van der Waals surface area contributed by atoms with Crippen molar-refractivity contribution in [2.75, 3.05) is 6.61 Å². The van der Waals surface area contributed by atoms with Gasteiger partial charge in [-0.15, -0.1) is 0 Å². The lowest BCUT2D eigenvalue weighted by atomic mass is 9.46. The van der Waals surface area contributed by atoms with Gasteiger partial charge < -0.3 is 5.11 Å². The molecule has 0 amide bonds. The quantitative estimate of drug-likeness (QED) is 0.776. The average Bonchev–Trinajstić information content (AvgIpc) is 3.21. The molecule has 0 radical (unpaired) electrons. The molecular formula is C22H32O2. The molecule has 1 spiro atoms. The van der Waals surface area contributed by atoms with Gasteiger partial charge in [0, 0.05) is 13.0 Å². The van der Waals surface area contributed by atoms with Crippen molar-refractivity contribution in [3.63, 3.8) is 0 Å². The summed E-state index contributed by atoms with van der Waals surface area (Å²) in [6.07, 6.45) is 8.39. The third-order valence-corrected chi connectivity index (χ3v) is 9.66. The molecule has 0 aliphatic heterocycles. The van der Waals surface area contributed by atoms with E-state index in [0.29, 0.717) is 41.0 Å². The predicted molar refractivity (Wildman–Crippen MR) is 94.3 cm³/mol. The van der Waals surface area contributed by atoms with E-state index in [1.54, 1.807) is 0 Å². The standard InChI is InChI=1S/C22H32O2/c1-12-8-18-13(2)19(24)5-4-16(18)17-6-7-21(3)15(11-23)9-14-10-22(14,21)20(12)17/h12,14-17,20,23H,4-11H2,1-3H3/t12?,14?,15?,16-,17-,20-,21-,22+/m1/s1. The van der Waals surface area contributed by atoms with Gasteiger partial charge in [0.05, 0.1) is 0 Å².